The average Bonchev–Trinajstić information content (AvgIpc) is 2.38. The van der Waals surface area contributed by atoms with Gasteiger partial charge < -0.3 is 10.6 Å². The van der Waals surface area contributed by atoms with E-state index in [1.807, 2.05) is 12.1 Å². The molecule has 1 saturated carbocycles. The lowest BCUT2D eigenvalue weighted by Gasteiger charge is -2.35. The molecule has 1 heterocycles. The van der Waals surface area contributed by atoms with Crippen molar-refractivity contribution in [3.63, 3.8) is 0 Å². The van der Waals surface area contributed by atoms with Crippen molar-refractivity contribution < 1.29 is 0 Å². The monoisotopic (exact) mass is 246 g/mol. The Hall–Kier alpha value is -1.58. The fourth-order valence-corrected chi connectivity index (χ4v) is 2.75. The Kier molecular flexibility index (Phi) is 3.84. The first kappa shape index (κ1) is 12.9. The summed E-state index contributed by atoms with van der Waals surface area (Å²) in [5, 5.41) is 7.45. The van der Waals surface area contributed by atoms with Gasteiger partial charge in [0, 0.05) is 25.0 Å². The topological polar surface area (TPSA) is 66.0 Å². The van der Waals surface area contributed by atoms with E-state index < -0.39 is 0 Å². The highest BCUT2D eigenvalue weighted by atomic mass is 15.1. The zero-order valence-electron chi connectivity index (χ0n) is 11.2. The highest BCUT2D eigenvalue weighted by Crippen LogP contribution is 2.29. The van der Waals surface area contributed by atoms with Crippen LogP contribution >= 0.6 is 0 Å². The number of nitrogens with zero attached hydrogens (tertiary/aromatic N) is 2. The van der Waals surface area contributed by atoms with E-state index in [0.717, 1.165) is 11.6 Å². The molecule has 0 aliphatic heterocycles. The lowest BCUT2D eigenvalue weighted by atomic mass is 9.86. The maximum atomic E-state index is 7.45. The number of hydrogen-bond acceptors (Lipinski definition) is 3. The minimum absolute atomic E-state index is 0.0299. The molecule has 0 amide bonds. The van der Waals surface area contributed by atoms with Crippen LogP contribution in [-0.2, 0) is 0 Å². The predicted molar refractivity (Wildman–Crippen MR) is 75.1 cm³/mol. The Morgan fingerprint density at radius 3 is 2.94 bits per heavy atom. The molecule has 3 N–H and O–H groups in total. The van der Waals surface area contributed by atoms with Gasteiger partial charge in [0.05, 0.1) is 0 Å². The second-order valence-electron chi connectivity index (χ2n) is 5.35. The van der Waals surface area contributed by atoms with Gasteiger partial charge in [-0.2, -0.15) is 0 Å². The summed E-state index contributed by atoms with van der Waals surface area (Å²) < 4.78 is 0. The van der Waals surface area contributed by atoms with Crippen molar-refractivity contribution >= 4 is 11.5 Å². The SMILES string of the molecule is CC1CCCC(N(C)c2ccnc(C(=N)N)c2)C1. The molecule has 1 aliphatic carbocycles. The van der Waals surface area contributed by atoms with E-state index in [1.54, 1.807) is 6.20 Å². The van der Waals surface area contributed by atoms with Gasteiger partial charge in [-0.1, -0.05) is 19.8 Å². The summed E-state index contributed by atoms with van der Waals surface area (Å²) in [6, 6.07) is 4.49. The Morgan fingerprint density at radius 2 is 2.28 bits per heavy atom. The number of anilines is 1. The fraction of sp³-hybridized carbons (Fsp3) is 0.571. The zero-order chi connectivity index (χ0) is 13.1. The maximum absolute atomic E-state index is 7.45. The lowest BCUT2D eigenvalue weighted by molar-refractivity contribution is 0.336. The molecule has 0 aromatic carbocycles. The average molecular weight is 246 g/mol. The molecule has 1 aliphatic rings. The maximum Gasteiger partial charge on any atom is 0.141 e. The molecule has 0 bridgehead atoms. The molecular weight excluding hydrogens is 224 g/mol. The van der Waals surface area contributed by atoms with E-state index in [-0.39, 0.29) is 5.84 Å². The van der Waals surface area contributed by atoms with Crippen LogP contribution in [0.1, 0.15) is 38.3 Å². The van der Waals surface area contributed by atoms with Crippen molar-refractivity contribution in [3.05, 3.63) is 24.0 Å². The van der Waals surface area contributed by atoms with E-state index in [9.17, 15) is 0 Å². The summed E-state index contributed by atoms with van der Waals surface area (Å²) in [4.78, 5) is 6.41. The van der Waals surface area contributed by atoms with Gasteiger partial charge in [-0.3, -0.25) is 10.4 Å². The molecule has 1 aromatic heterocycles. The lowest BCUT2D eigenvalue weighted by Crippen LogP contribution is -2.35. The number of nitrogens with two attached hydrogens (primary N) is 1. The molecule has 1 aromatic rings. The first-order valence-electron chi connectivity index (χ1n) is 6.61. The van der Waals surface area contributed by atoms with Gasteiger partial charge in [0.1, 0.15) is 11.5 Å². The summed E-state index contributed by atoms with van der Waals surface area (Å²) in [5.74, 6) is 0.836. The number of aromatic nitrogens is 1. The first-order chi connectivity index (χ1) is 8.58. The summed E-state index contributed by atoms with van der Waals surface area (Å²) in [6.45, 7) is 2.33. The Balaban J connectivity index is 2.14. The van der Waals surface area contributed by atoms with Crippen LogP contribution in [0.25, 0.3) is 0 Å². The van der Waals surface area contributed by atoms with E-state index >= 15 is 0 Å². The second-order valence-corrected chi connectivity index (χ2v) is 5.35. The van der Waals surface area contributed by atoms with Crippen molar-refractivity contribution in [1.82, 2.24) is 4.98 Å². The molecule has 0 spiro atoms. The minimum Gasteiger partial charge on any atom is -0.382 e. The highest BCUT2D eigenvalue weighted by molar-refractivity contribution is 5.93. The Bertz CT molecular complexity index is 430. The quantitative estimate of drug-likeness (QED) is 0.635. The highest BCUT2D eigenvalue weighted by Gasteiger charge is 2.22. The normalized spacial score (nSPS) is 23.7. The second kappa shape index (κ2) is 5.38. The number of hydrogen-bond donors (Lipinski definition) is 2. The minimum atomic E-state index is 0.0299. The summed E-state index contributed by atoms with van der Waals surface area (Å²) in [5.41, 5.74) is 7.15. The Morgan fingerprint density at radius 1 is 1.50 bits per heavy atom. The van der Waals surface area contributed by atoms with Crippen LogP contribution in [0, 0.1) is 11.3 Å². The first-order valence-corrected chi connectivity index (χ1v) is 6.61. The number of amidine groups is 1. The molecule has 4 heteroatoms. The van der Waals surface area contributed by atoms with Gasteiger partial charge in [0.2, 0.25) is 0 Å². The van der Waals surface area contributed by atoms with Gasteiger partial charge in [0.15, 0.2) is 0 Å². The van der Waals surface area contributed by atoms with Gasteiger partial charge in [0.25, 0.3) is 0 Å². The molecule has 1 fully saturated rings. The predicted octanol–water partition coefficient (Wildman–Crippen LogP) is 2.38. The smallest absolute Gasteiger partial charge is 0.141 e. The third kappa shape index (κ3) is 2.81. The van der Waals surface area contributed by atoms with Crippen LogP contribution in [0.2, 0.25) is 0 Å². The van der Waals surface area contributed by atoms with Crippen LogP contribution in [0.5, 0.6) is 0 Å². The molecule has 2 rings (SSSR count). The molecule has 98 valence electrons. The third-order valence-electron chi connectivity index (χ3n) is 3.88. The van der Waals surface area contributed by atoms with Gasteiger partial charge >= 0.3 is 0 Å². The fourth-order valence-electron chi connectivity index (χ4n) is 2.75. The van der Waals surface area contributed by atoms with E-state index in [4.69, 9.17) is 11.1 Å². The summed E-state index contributed by atoms with van der Waals surface area (Å²) >= 11 is 0. The number of nitrogen functional groups attached to an aromatic ring is 1. The van der Waals surface area contributed by atoms with Crippen LogP contribution in [0.4, 0.5) is 5.69 Å². The van der Waals surface area contributed by atoms with Gasteiger partial charge in [-0.05, 0) is 30.9 Å². The van der Waals surface area contributed by atoms with E-state index in [2.05, 4.69) is 23.9 Å². The summed E-state index contributed by atoms with van der Waals surface area (Å²) in [6.07, 6.45) is 6.88. The third-order valence-corrected chi connectivity index (χ3v) is 3.88. The zero-order valence-corrected chi connectivity index (χ0v) is 11.2. The molecule has 0 radical (unpaired) electrons. The van der Waals surface area contributed by atoms with Crippen LogP contribution < -0.4 is 10.6 Å². The Labute approximate surface area is 109 Å². The van der Waals surface area contributed by atoms with E-state index in [0.29, 0.717) is 11.7 Å². The van der Waals surface area contributed by atoms with Gasteiger partial charge in [-0.25, -0.2) is 0 Å². The van der Waals surface area contributed by atoms with Crippen LogP contribution in [0.15, 0.2) is 18.3 Å². The molecular formula is C14H22N4. The molecule has 4 nitrogen and oxygen atoms in total. The molecule has 0 saturated heterocycles. The van der Waals surface area contributed by atoms with Crippen molar-refractivity contribution in [3.8, 4) is 0 Å². The van der Waals surface area contributed by atoms with Crippen molar-refractivity contribution in [2.75, 3.05) is 11.9 Å². The number of pyridine rings is 1. The molecule has 2 unspecified atom stereocenters. The largest absolute Gasteiger partial charge is 0.382 e. The van der Waals surface area contributed by atoms with Crippen molar-refractivity contribution in [2.24, 2.45) is 11.7 Å². The standard InChI is InChI=1S/C14H22N4/c1-10-4-3-5-11(8-10)18(2)12-6-7-17-13(9-12)14(15)16/h6-7,9-11H,3-5,8H2,1-2H3,(H3,15,16). The van der Waals surface area contributed by atoms with Crippen molar-refractivity contribution in [2.45, 2.75) is 38.6 Å². The van der Waals surface area contributed by atoms with E-state index in [1.165, 1.54) is 25.7 Å². The molecule has 2 atom stereocenters. The van der Waals surface area contributed by atoms with Crippen LogP contribution in [-0.4, -0.2) is 23.9 Å². The molecule has 18 heavy (non-hydrogen) atoms. The van der Waals surface area contributed by atoms with Gasteiger partial charge in [-0.15, -0.1) is 0 Å². The number of nitrogens with one attached hydrogen (secondary N) is 1. The number of rotatable bonds is 3. The van der Waals surface area contributed by atoms with Crippen molar-refractivity contribution in [1.29, 1.82) is 5.41 Å². The summed E-state index contributed by atoms with van der Waals surface area (Å²) in [7, 11) is 2.13. The van der Waals surface area contributed by atoms with Crippen LogP contribution in [0.3, 0.4) is 0 Å².